The Morgan fingerprint density at radius 2 is 2.06 bits per heavy atom. The Morgan fingerprint density at radius 3 is 2.56 bits per heavy atom. The lowest BCUT2D eigenvalue weighted by molar-refractivity contribution is -0.137. The van der Waals surface area contributed by atoms with Crippen LogP contribution < -0.4 is 11.1 Å². The van der Waals surface area contributed by atoms with Crippen molar-refractivity contribution in [3.8, 4) is 0 Å². The lowest BCUT2D eigenvalue weighted by atomic mass is 10.1. The molecule has 0 aromatic heterocycles. The molecule has 0 aliphatic heterocycles. The van der Waals surface area contributed by atoms with E-state index in [0.717, 1.165) is 6.07 Å². The van der Waals surface area contributed by atoms with Gasteiger partial charge in [-0.3, -0.25) is 0 Å². The zero-order valence-corrected chi connectivity index (χ0v) is 9.70. The smallest absolute Gasteiger partial charge is 0.409 e. The number of hydrogen-bond acceptors (Lipinski definition) is 3. The van der Waals surface area contributed by atoms with Gasteiger partial charge >= 0.3 is 6.18 Å². The second kappa shape index (κ2) is 5.61. The molecule has 1 unspecified atom stereocenters. The fourth-order valence-electron chi connectivity index (χ4n) is 1.50. The first-order valence-electron chi connectivity index (χ1n) is 5.30. The molecule has 0 aliphatic rings. The van der Waals surface area contributed by atoms with E-state index >= 15 is 0 Å². The van der Waals surface area contributed by atoms with Gasteiger partial charge in [0, 0.05) is 5.69 Å². The summed E-state index contributed by atoms with van der Waals surface area (Å²) in [6, 6.07) is 4.41. The number of oxime groups is 1. The molecule has 1 rings (SSSR count). The standard InChI is InChI=1S/C11H14F3N3O/c1-2-8(10(15)17-18)16-9-6-4-3-5-7(9)11(12,13)14/h3-6,8,16,18H,2H2,1H3,(H2,15,17). The highest BCUT2D eigenvalue weighted by molar-refractivity contribution is 5.88. The van der Waals surface area contributed by atoms with Crippen LogP contribution in [0, 0.1) is 0 Å². The zero-order chi connectivity index (χ0) is 13.8. The van der Waals surface area contributed by atoms with Crippen LogP contribution in [0.5, 0.6) is 0 Å². The van der Waals surface area contributed by atoms with Crippen molar-refractivity contribution in [2.24, 2.45) is 10.9 Å². The van der Waals surface area contributed by atoms with Gasteiger partial charge in [-0.1, -0.05) is 24.2 Å². The van der Waals surface area contributed by atoms with Crippen LogP contribution in [0.15, 0.2) is 29.4 Å². The maximum Gasteiger partial charge on any atom is 0.418 e. The molecule has 0 saturated heterocycles. The summed E-state index contributed by atoms with van der Waals surface area (Å²) in [6.07, 6.45) is -4.06. The van der Waals surface area contributed by atoms with Gasteiger partial charge in [0.05, 0.1) is 11.6 Å². The Kier molecular flexibility index (Phi) is 4.41. The average molecular weight is 261 g/mol. The Morgan fingerprint density at radius 1 is 1.44 bits per heavy atom. The summed E-state index contributed by atoms with van der Waals surface area (Å²) in [7, 11) is 0. The second-order valence-corrected chi connectivity index (χ2v) is 3.67. The maximum absolute atomic E-state index is 12.7. The first-order chi connectivity index (χ1) is 8.40. The minimum absolute atomic E-state index is 0.0940. The molecular formula is C11H14F3N3O. The number of nitrogens with zero attached hydrogens (tertiary/aromatic N) is 1. The molecule has 0 amide bonds. The van der Waals surface area contributed by atoms with Crippen molar-refractivity contribution in [1.29, 1.82) is 0 Å². The number of anilines is 1. The predicted molar refractivity (Wildman–Crippen MR) is 62.6 cm³/mol. The van der Waals surface area contributed by atoms with Gasteiger partial charge in [0.1, 0.15) is 0 Å². The van der Waals surface area contributed by atoms with Crippen LogP contribution in [0.4, 0.5) is 18.9 Å². The van der Waals surface area contributed by atoms with Crippen molar-refractivity contribution in [3.05, 3.63) is 29.8 Å². The lowest BCUT2D eigenvalue weighted by Crippen LogP contribution is -2.35. The van der Waals surface area contributed by atoms with Crippen molar-refractivity contribution in [3.63, 3.8) is 0 Å². The number of alkyl halides is 3. The Balaban J connectivity index is 3.04. The Labute approximate surface area is 102 Å². The van der Waals surface area contributed by atoms with E-state index in [1.807, 2.05) is 0 Å². The van der Waals surface area contributed by atoms with E-state index in [2.05, 4.69) is 10.5 Å². The van der Waals surface area contributed by atoms with Crippen molar-refractivity contribution in [2.45, 2.75) is 25.6 Å². The molecule has 4 N–H and O–H groups in total. The van der Waals surface area contributed by atoms with Gasteiger partial charge in [0.25, 0.3) is 0 Å². The molecule has 4 nitrogen and oxygen atoms in total. The molecule has 1 atom stereocenters. The summed E-state index contributed by atoms with van der Waals surface area (Å²) in [5.74, 6) is -0.158. The molecule has 7 heteroatoms. The molecule has 1 aromatic carbocycles. The minimum atomic E-state index is -4.45. The van der Waals surface area contributed by atoms with Crippen LogP contribution in [-0.4, -0.2) is 17.1 Å². The van der Waals surface area contributed by atoms with Gasteiger partial charge in [-0.25, -0.2) is 0 Å². The normalized spacial score (nSPS) is 14.3. The van der Waals surface area contributed by atoms with E-state index < -0.39 is 17.8 Å². The van der Waals surface area contributed by atoms with Crippen LogP contribution in [0.25, 0.3) is 0 Å². The highest BCUT2D eigenvalue weighted by atomic mass is 19.4. The van der Waals surface area contributed by atoms with E-state index in [4.69, 9.17) is 10.9 Å². The van der Waals surface area contributed by atoms with Gasteiger partial charge in [-0.15, -0.1) is 0 Å². The SMILES string of the molecule is CCC(Nc1ccccc1C(F)(F)F)/C(N)=N/O. The summed E-state index contributed by atoms with van der Waals surface area (Å²) in [5.41, 5.74) is 4.51. The van der Waals surface area contributed by atoms with E-state index in [-0.39, 0.29) is 11.5 Å². The summed E-state index contributed by atoms with van der Waals surface area (Å²) < 4.78 is 38.2. The number of amidine groups is 1. The molecule has 0 spiro atoms. The summed E-state index contributed by atoms with van der Waals surface area (Å²) in [5, 5.41) is 14.0. The quantitative estimate of drug-likeness (QED) is 0.338. The highest BCUT2D eigenvalue weighted by Crippen LogP contribution is 2.34. The fourth-order valence-corrected chi connectivity index (χ4v) is 1.50. The van der Waals surface area contributed by atoms with Crippen LogP contribution in [0.1, 0.15) is 18.9 Å². The molecule has 0 aliphatic carbocycles. The van der Waals surface area contributed by atoms with Crippen molar-refractivity contribution in [1.82, 2.24) is 0 Å². The number of nitrogens with one attached hydrogen (secondary N) is 1. The molecule has 0 bridgehead atoms. The van der Waals surface area contributed by atoms with Gasteiger partial charge in [-0.05, 0) is 18.6 Å². The number of benzene rings is 1. The first-order valence-corrected chi connectivity index (χ1v) is 5.30. The van der Waals surface area contributed by atoms with Crippen LogP contribution in [0.2, 0.25) is 0 Å². The van der Waals surface area contributed by atoms with Crippen LogP contribution in [0.3, 0.4) is 0 Å². The third-order valence-electron chi connectivity index (χ3n) is 2.44. The maximum atomic E-state index is 12.7. The Hall–Kier alpha value is -1.92. The summed E-state index contributed by atoms with van der Waals surface area (Å²) in [4.78, 5) is 0. The molecule has 1 aromatic rings. The van der Waals surface area contributed by atoms with Gasteiger partial charge in [0.2, 0.25) is 0 Å². The zero-order valence-electron chi connectivity index (χ0n) is 9.70. The lowest BCUT2D eigenvalue weighted by Gasteiger charge is -2.20. The Bertz CT molecular complexity index is 432. The number of para-hydroxylation sites is 1. The largest absolute Gasteiger partial charge is 0.418 e. The molecule has 0 radical (unpaired) electrons. The average Bonchev–Trinajstić information content (AvgIpc) is 2.34. The number of hydrogen-bond donors (Lipinski definition) is 3. The molecule has 0 fully saturated rings. The van der Waals surface area contributed by atoms with Gasteiger partial charge in [0.15, 0.2) is 5.84 Å². The third-order valence-corrected chi connectivity index (χ3v) is 2.44. The van der Waals surface area contributed by atoms with E-state index in [9.17, 15) is 13.2 Å². The highest BCUT2D eigenvalue weighted by Gasteiger charge is 2.33. The number of halogens is 3. The topological polar surface area (TPSA) is 70.6 Å². The molecular weight excluding hydrogens is 247 g/mol. The number of nitrogens with two attached hydrogens (primary N) is 1. The van der Waals surface area contributed by atoms with Gasteiger partial charge in [-0.2, -0.15) is 13.2 Å². The van der Waals surface area contributed by atoms with Crippen molar-refractivity contribution in [2.75, 3.05) is 5.32 Å². The van der Waals surface area contributed by atoms with E-state index in [0.29, 0.717) is 6.42 Å². The van der Waals surface area contributed by atoms with Crippen LogP contribution in [-0.2, 0) is 6.18 Å². The van der Waals surface area contributed by atoms with Gasteiger partial charge < -0.3 is 16.3 Å². The van der Waals surface area contributed by atoms with Crippen molar-refractivity contribution >= 4 is 11.5 Å². The number of rotatable bonds is 4. The molecule has 0 heterocycles. The monoisotopic (exact) mass is 261 g/mol. The summed E-state index contributed by atoms with van der Waals surface area (Å²) >= 11 is 0. The molecule has 100 valence electrons. The van der Waals surface area contributed by atoms with E-state index in [1.54, 1.807) is 6.92 Å². The minimum Gasteiger partial charge on any atom is -0.409 e. The molecule has 0 saturated carbocycles. The fraction of sp³-hybridized carbons (Fsp3) is 0.364. The van der Waals surface area contributed by atoms with Crippen LogP contribution >= 0.6 is 0 Å². The predicted octanol–water partition coefficient (Wildman–Crippen LogP) is 2.64. The first kappa shape index (κ1) is 14.1. The second-order valence-electron chi connectivity index (χ2n) is 3.67. The van der Waals surface area contributed by atoms with Crippen molar-refractivity contribution < 1.29 is 18.4 Å². The third kappa shape index (κ3) is 3.28. The van der Waals surface area contributed by atoms with E-state index in [1.165, 1.54) is 18.2 Å². The summed E-state index contributed by atoms with van der Waals surface area (Å²) in [6.45, 7) is 1.71. The molecule has 18 heavy (non-hydrogen) atoms.